The van der Waals surface area contributed by atoms with Gasteiger partial charge in [-0.25, -0.2) is 9.98 Å². The number of pyridine rings is 1. The lowest BCUT2D eigenvalue weighted by Crippen LogP contribution is -2.47. The number of aliphatic imine (C=N–C) groups is 1. The van der Waals surface area contributed by atoms with E-state index in [2.05, 4.69) is 16.6 Å². The number of methoxy groups -OCH3 is 1. The Labute approximate surface area is 194 Å². The Balaban J connectivity index is 1.53. The number of amides is 1. The highest BCUT2D eigenvalue weighted by molar-refractivity contribution is 5.99. The largest absolute Gasteiger partial charge is 0.494 e. The molecule has 1 saturated heterocycles. The molecule has 33 heavy (non-hydrogen) atoms. The first kappa shape index (κ1) is 22.6. The lowest BCUT2D eigenvalue weighted by atomic mass is 9.99. The van der Waals surface area contributed by atoms with Gasteiger partial charge in [-0.15, -0.1) is 0 Å². The minimum Gasteiger partial charge on any atom is -0.494 e. The van der Waals surface area contributed by atoms with Crippen molar-refractivity contribution in [3.63, 3.8) is 0 Å². The molecule has 2 heterocycles. The molecule has 2 N–H and O–H groups in total. The number of hydrogen-bond donors (Lipinski definition) is 1. The van der Waals surface area contributed by atoms with Gasteiger partial charge < -0.3 is 20.1 Å². The Morgan fingerprint density at radius 1 is 1.24 bits per heavy atom. The summed E-state index contributed by atoms with van der Waals surface area (Å²) in [4.78, 5) is 24.5. The first-order valence-electron chi connectivity index (χ1n) is 11.2. The fraction of sp³-hybridized carbons (Fsp3) is 0.346. The third-order valence-corrected chi connectivity index (χ3v) is 6.28. The molecule has 7 nitrogen and oxygen atoms in total. The maximum Gasteiger partial charge on any atom is 0.273 e. The number of aryl methyl sites for hydroxylation is 1. The maximum atomic E-state index is 13.8. The maximum absolute atomic E-state index is 13.8. The SMILES string of the molecule is C=C(/N=C\C(=C/N)OC)OC[C@@H]1C[C@H]2C[C@H]2CN1C(=O)c1nc(C)ccc1-c1ccccc1. The molecule has 1 aromatic carbocycles. The molecule has 0 unspecified atom stereocenters. The number of nitrogens with two attached hydrogens (primary N) is 1. The molecule has 0 spiro atoms. The lowest BCUT2D eigenvalue weighted by Gasteiger charge is -2.35. The predicted molar refractivity (Wildman–Crippen MR) is 128 cm³/mol. The smallest absolute Gasteiger partial charge is 0.273 e. The molecule has 0 radical (unpaired) electrons. The zero-order chi connectivity index (χ0) is 23.4. The molecule has 1 aliphatic carbocycles. The van der Waals surface area contributed by atoms with Crippen LogP contribution in [0.25, 0.3) is 11.1 Å². The van der Waals surface area contributed by atoms with Crippen LogP contribution in [0.15, 0.2) is 71.9 Å². The van der Waals surface area contributed by atoms with E-state index in [0.29, 0.717) is 29.9 Å². The summed E-state index contributed by atoms with van der Waals surface area (Å²) in [6.45, 7) is 6.80. The zero-order valence-electron chi connectivity index (χ0n) is 19.1. The normalized spacial score (nSPS) is 22.1. The number of carbonyl (C=O) groups is 1. The summed E-state index contributed by atoms with van der Waals surface area (Å²) in [6.07, 6.45) is 4.83. The van der Waals surface area contributed by atoms with Gasteiger partial charge in [-0.3, -0.25) is 4.79 Å². The standard InChI is InChI=1S/C26H30N4O3/c1-17-9-10-24(19-7-5-4-6-8-19)25(29-17)26(31)30-15-21-11-20(21)12-22(30)16-33-18(2)28-14-23(13-27)32-3/h4-10,13-14,20-22H,2,11-12,15-16,27H2,1,3H3/b23-13+,28-14-/t20-,21+,22+/m1/s1. The van der Waals surface area contributed by atoms with Crippen LogP contribution in [0.2, 0.25) is 0 Å². The van der Waals surface area contributed by atoms with Gasteiger partial charge in [0.2, 0.25) is 5.88 Å². The number of rotatable bonds is 8. The van der Waals surface area contributed by atoms with E-state index in [-0.39, 0.29) is 17.8 Å². The number of likely N-dealkylation sites (tertiary alicyclic amines) is 1. The molecule has 4 rings (SSSR count). The number of aromatic nitrogens is 1. The van der Waals surface area contributed by atoms with Gasteiger partial charge in [0.25, 0.3) is 5.91 Å². The molecule has 172 valence electrons. The number of allylic oxidation sites excluding steroid dienone is 1. The minimum atomic E-state index is -0.0638. The van der Waals surface area contributed by atoms with Crippen LogP contribution in [-0.2, 0) is 9.47 Å². The Morgan fingerprint density at radius 2 is 2.03 bits per heavy atom. The van der Waals surface area contributed by atoms with Gasteiger partial charge in [0.15, 0.2) is 5.76 Å². The number of hydrogen-bond acceptors (Lipinski definition) is 6. The van der Waals surface area contributed by atoms with Crippen LogP contribution in [-0.4, -0.2) is 48.3 Å². The third kappa shape index (κ3) is 5.25. The average molecular weight is 447 g/mol. The third-order valence-electron chi connectivity index (χ3n) is 6.28. The monoisotopic (exact) mass is 446 g/mol. The summed E-state index contributed by atoms with van der Waals surface area (Å²) in [5.41, 5.74) is 8.58. The quantitative estimate of drug-likeness (QED) is 0.490. The first-order chi connectivity index (χ1) is 16.0. The van der Waals surface area contributed by atoms with E-state index in [0.717, 1.165) is 36.2 Å². The zero-order valence-corrected chi connectivity index (χ0v) is 19.1. The molecule has 2 aromatic rings. The fourth-order valence-corrected chi connectivity index (χ4v) is 4.34. The van der Waals surface area contributed by atoms with E-state index in [4.69, 9.17) is 15.2 Å². The van der Waals surface area contributed by atoms with Gasteiger partial charge >= 0.3 is 0 Å². The van der Waals surface area contributed by atoms with Gasteiger partial charge in [0.05, 0.1) is 19.4 Å². The van der Waals surface area contributed by atoms with E-state index in [9.17, 15) is 4.79 Å². The van der Waals surface area contributed by atoms with Crippen molar-refractivity contribution in [2.24, 2.45) is 22.6 Å². The number of carbonyl (C=O) groups excluding carboxylic acids is 1. The van der Waals surface area contributed by atoms with Crippen LogP contribution in [0.5, 0.6) is 0 Å². The number of benzene rings is 1. The van der Waals surface area contributed by atoms with Crippen molar-refractivity contribution in [3.05, 3.63) is 78.3 Å². The first-order valence-corrected chi connectivity index (χ1v) is 11.2. The van der Waals surface area contributed by atoms with Crippen molar-refractivity contribution < 1.29 is 14.3 Å². The Bertz CT molecular complexity index is 1080. The fourth-order valence-electron chi connectivity index (χ4n) is 4.34. The van der Waals surface area contributed by atoms with Gasteiger partial charge in [0.1, 0.15) is 12.3 Å². The van der Waals surface area contributed by atoms with Crippen LogP contribution in [0.1, 0.15) is 29.0 Å². The highest BCUT2D eigenvalue weighted by Gasteiger charge is 2.47. The molecular weight excluding hydrogens is 416 g/mol. The van der Waals surface area contributed by atoms with Crippen molar-refractivity contribution in [2.45, 2.75) is 25.8 Å². The van der Waals surface area contributed by atoms with Crippen molar-refractivity contribution in [2.75, 3.05) is 20.3 Å². The van der Waals surface area contributed by atoms with E-state index in [1.165, 1.54) is 19.5 Å². The van der Waals surface area contributed by atoms with Crippen LogP contribution in [0.4, 0.5) is 0 Å². The van der Waals surface area contributed by atoms with Crippen LogP contribution in [0.3, 0.4) is 0 Å². The summed E-state index contributed by atoms with van der Waals surface area (Å²) in [5, 5.41) is 0. The summed E-state index contributed by atoms with van der Waals surface area (Å²) in [6, 6.07) is 13.8. The minimum absolute atomic E-state index is 0.0571. The predicted octanol–water partition coefficient (Wildman–Crippen LogP) is 3.91. The lowest BCUT2D eigenvalue weighted by molar-refractivity contribution is 0.0426. The second-order valence-electron chi connectivity index (χ2n) is 8.55. The summed E-state index contributed by atoms with van der Waals surface area (Å²) in [5.74, 6) is 1.82. The number of fused-ring (bicyclic) bond motifs is 1. The second kappa shape index (κ2) is 9.90. The molecule has 1 aliphatic heterocycles. The van der Waals surface area contributed by atoms with E-state index in [1.807, 2.05) is 54.3 Å². The van der Waals surface area contributed by atoms with Crippen molar-refractivity contribution in [3.8, 4) is 11.1 Å². The highest BCUT2D eigenvalue weighted by atomic mass is 16.5. The highest BCUT2D eigenvalue weighted by Crippen LogP contribution is 2.47. The second-order valence-corrected chi connectivity index (χ2v) is 8.55. The number of nitrogens with zero attached hydrogens (tertiary/aromatic N) is 3. The van der Waals surface area contributed by atoms with Crippen LogP contribution < -0.4 is 5.73 Å². The molecule has 0 bridgehead atoms. The number of piperidine rings is 1. The van der Waals surface area contributed by atoms with Gasteiger partial charge in [-0.2, -0.15) is 0 Å². The van der Waals surface area contributed by atoms with E-state index in [1.54, 1.807) is 0 Å². The van der Waals surface area contributed by atoms with Gasteiger partial charge in [0, 0.05) is 24.0 Å². The molecule has 1 saturated carbocycles. The van der Waals surface area contributed by atoms with Crippen LogP contribution >= 0.6 is 0 Å². The topological polar surface area (TPSA) is 90.0 Å². The van der Waals surface area contributed by atoms with Gasteiger partial charge in [-0.05, 0) is 49.8 Å². The van der Waals surface area contributed by atoms with Crippen molar-refractivity contribution >= 4 is 12.1 Å². The molecule has 7 heteroatoms. The molecular formula is C26H30N4O3. The molecule has 1 aromatic heterocycles. The average Bonchev–Trinajstić information content (AvgIpc) is 3.61. The van der Waals surface area contributed by atoms with Gasteiger partial charge in [-0.1, -0.05) is 36.4 Å². The Morgan fingerprint density at radius 3 is 2.76 bits per heavy atom. The Hall–Kier alpha value is -3.61. The van der Waals surface area contributed by atoms with Crippen molar-refractivity contribution in [1.82, 2.24) is 9.88 Å². The molecule has 2 aliphatic rings. The van der Waals surface area contributed by atoms with Crippen molar-refractivity contribution in [1.29, 1.82) is 0 Å². The molecule has 2 fully saturated rings. The summed E-state index contributed by atoms with van der Waals surface area (Å²) >= 11 is 0. The molecule has 3 atom stereocenters. The summed E-state index contributed by atoms with van der Waals surface area (Å²) < 4.78 is 10.9. The summed E-state index contributed by atoms with van der Waals surface area (Å²) in [7, 11) is 1.51. The Kier molecular flexibility index (Phi) is 6.77. The van der Waals surface area contributed by atoms with Crippen LogP contribution in [0, 0.1) is 18.8 Å². The van der Waals surface area contributed by atoms with E-state index >= 15 is 0 Å². The molecule has 1 amide bonds. The number of ether oxygens (including phenoxy) is 2. The van der Waals surface area contributed by atoms with E-state index < -0.39 is 0 Å².